The second kappa shape index (κ2) is 7.46. The third kappa shape index (κ3) is 3.92. The Balaban J connectivity index is 1.95. The van der Waals surface area contributed by atoms with Gasteiger partial charge in [0.25, 0.3) is 0 Å². The van der Waals surface area contributed by atoms with Crippen molar-refractivity contribution in [2.75, 3.05) is 0 Å². The molecule has 0 unspecified atom stereocenters. The Morgan fingerprint density at radius 1 is 0.684 bits per heavy atom. The van der Waals surface area contributed by atoms with Gasteiger partial charge in [0.15, 0.2) is 0 Å². The molecular weight excluding hydrogens is 240 g/mol. The molecule has 0 aromatic heterocycles. The van der Waals surface area contributed by atoms with Gasteiger partial charge in [0.2, 0.25) is 0 Å². The van der Waals surface area contributed by atoms with Gasteiger partial charge >= 0.3 is 0 Å². The van der Waals surface area contributed by atoms with Crippen molar-refractivity contribution in [3.63, 3.8) is 0 Å². The molecule has 3 nitrogen and oxygen atoms in total. The Labute approximate surface area is 116 Å². The molecule has 0 spiro atoms. The Bertz CT molecular complexity index is 289. The first-order valence-corrected chi connectivity index (χ1v) is 7.71. The van der Waals surface area contributed by atoms with Gasteiger partial charge in [-0.15, -0.1) is 0 Å². The van der Waals surface area contributed by atoms with Crippen molar-refractivity contribution < 1.29 is 14.9 Å². The Kier molecular flexibility index (Phi) is 5.62. The number of allylic oxidation sites excluding steroid dienone is 2. The molecule has 0 aromatic rings. The van der Waals surface area contributed by atoms with E-state index in [2.05, 4.69) is 0 Å². The van der Waals surface area contributed by atoms with E-state index in [1.54, 1.807) is 0 Å². The summed E-state index contributed by atoms with van der Waals surface area (Å²) in [6, 6.07) is 0. The third-order valence-electron chi connectivity index (χ3n) is 4.51. The van der Waals surface area contributed by atoms with Crippen LogP contribution in [0.15, 0.2) is 24.0 Å². The van der Waals surface area contributed by atoms with Crippen LogP contribution in [-0.2, 0) is 4.74 Å². The minimum atomic E-state index is 0.317. The van der Waals surface area contributed by atoms with Gasteiger partial charge in [0, 0.05) is 11.8 Å². The van der Waals surface area contributed by atoms with Gasteiger partial charge in [-0.3, -0.25) is 0 Å². The number of aliphatic hydroxyl groups is 2. The Morgan fingerprint density at radius 3 is 1.37 bits per heavy atom. The highest BCUT2D eigenvalue weighted by molar-refractivity contribution is 5.05. The summed E-state index contributed by atoms with van der Waals surface area (Å²) in [5.74, 6) is 1.92. The SMILES string of the molecule is OC=C(OC(=CO)C1CCCCC1)C1CCCCC1. The van der Waals surface area contributed by atoms with Crippen LogP contribution in [-0.4, -0.2) is 10.2 Å². The van der Waals surface area contributed by atoms with Crippen LogP contribution in [0.2, 0.25) is 0 Å². The fourth-order valence-corrected chi connectivity index (χ4v) is 3.34. The number of hydrogen-bond donors (Lipinski definition) is 2. The second-order valence-electron chi connectivity index (χ2n) is 5.83. The summed E-state index contributed by atoms with van der Waals surface area (Å²) in [6.07, 6.45) is 13.9. The van der Waals surface area contributed by atoms with Gasteiger partial charge < -0.3 is 14.9 Å². The van der Waals surface area contributed by atoms with Gasteiger partial charge in [-0.25, -0.2) is 0 Å². The molecule has 0 saturated heterocycles. The fraction of sp³-hybridized carbons (Fsp3) is 0.750. The smallest absolute Gasteiger partial charge is 0.141 e. The summed E-state index contributed by atoms with van der Waals surface area (Å²) < 4.78 is 5.85. The maximum atomic E-state index is 9.43. The molecular formula is C16H26O3. The highest BCUT2D eigenvalue weighted by atomic mass is 16.5. The Hall–Kier alpha value is -1.12. The van der Waals surface area contributed by atoms with Crippen LogP contribution in [0.3, 0.4) is 0 Å². The zero-order chi connectivity index (χ0) is 13.5. The molecule has 0 heterocycles. The van der Waals surface area contributed by atoms with Crippen molar-refractivity contribution in [2.45, 2.75) is 64.2 Å². The highest BCUT2D eigenvalue weighted by Crippen LogP contribution is 2.35. The van der Waals surface area contributed by atoms with Gasteiger partial charge in [-0.1, -0.05) is 38.5 Å². The van der Waals surface area contributed by atoms with Crippen LogP contribution in [0.5, 0.6) is 0 Å². The molecule has 0 radical (unpaired) electrons. The summed E-state index contributed by atoms with van der Waals surface area (Å²) in [7, 11) is 0. The van der Waals surface area contributed by atoms with E-state index >= 15 is 0 Å². The molecule has 0 aromatic carbocycles. The van der Waals surface area contributed by atoms with E-state index in [0.29, 0.717) is 23.4 Å². The molecule has 19 heavy (non-hydrogen) atoms. The predicted molar refractivity (Wildman–Crippen MR) is 75.7 cm³/mol. The van der Waals surface area contributed by atoms with Crippen molar-refractivity contribution in [3.05, 3.63) is 24.0 Å². The normalized spacial score (nSPS) is 24.4. The largest absolute Gasteiger partial charge is 0.512 e. The van der Waals surface area contributed by atoms with E-state index in [1.165, 1.54) is 38.5 Å². The van der Waals surface area contributed by atoms with E-state index in [9.17, 15) is 10.2 Å². The topological polar surface area (TPSA) is 49.7 Å². The first-order chi connectivity index (χ1) is 9.35. The van der Waals surface area contributed by atoms with E-state index in [0.717, 1.165) is 38.2 Å². The molecule has 2 aliphatic rings. The Morgan fingerprint density at radius 2 is 1.05 bits per heavy atom. The van der Waals surface area contributed by atoms with Crippen molar-refractivity contribution in [2.24, 2.45) is 11.8 Å². The summed E-state index contributed by atoms with van der Waals surface area (Å²) in [5.41, 5.74) is 0. The molecule has 0 atom stereocenters. The average molecular weight is 266 g/mol. The van der Waals surface area contributed by atoms with E-state index in [-0.39, 0.29) is 0 Å². The van der Waals surface area contributed by atoms with Gasteiger partial charge in [0.1, 0.15) is 24.0 Å². The molecule has 2 N–H and O–H groups in total. The zero-order valence-corrected chi connectivity index (χ0v) is 11.7. The highest BCUT2D eigenvalue weighted by Gasteiger charge is 2.25. The quantitative estimate of drug-likeness (QED) is 0.707. The van der Waals surface area contributed by atoms with Crippen LogP contribution < -0.4 is 0 Å². The molecule has 2 rings (SSSR count). The molecule has 3 heteroatoms. The molecule has 2 aliphatic carbocycles. The van der Waals surface area contributed by atoms with Crippen LogP contribution >= 0.6 is 0 Å². The van der Waals surface area contributed by atoms with Gasteiger partial charge in [-0.05, 0) is 25.7 Å². The maximum absolute atomic E-state index is 9.43. The van der Waals surface area contributed by atoms with Crippen molar-refractivity contribution >= 4 is 0 Å². The lowest BCUT2D eigenvalue weighted by atomic mass is 9.87. The standard InChI is InChI=1S/C16H26O3/c17-11-15(13-7-3-1-4-8-13)19-16(12-18)14-9-5-2-6-10-14/h11-14,17-18H,1-10H2. The predicted octanol–water partition coefficient (Wildman–Crippen LogP) is 4.96. The number of aliphatic hydroxyl groups excluding tert-OH is 2. The first kappa shape index (κ1) is 14.3. The summed E-state index contributed by atoms with van der Waals surface area (Å²) in [4.78, 5) is 0. The van der Waals surface area contributed by atoms with Crippen molar-refractivity contribution in [1.29, 1.82) is 0 Å². The summed E-state index contributed by atoms with van der Waals surface area (Å²) >= 11 is 0. The van der Waals surface area contributed by atoms with Gasteiger partial charge in [-0.2, -0.15) is 0 Å². The second-order valence-corrected chi connectivity index (χ2v) is 5.83. The number of ether oxygens (including phenoxy) is 1. The van der Waals surface area contributed by atoms with E-state index in [1.807, 2.05) is 0 Å². The van der Waals surface area contributed by atoms with Crippen molar-refractivity contribution in [3.8, 4) is 0 Å². The van der Waals surface area contributed by atoms with Crippen LogP contribution in [0, 0.1) is 11.8 Å². The maximum Gasteiger partial charge on any atom is 0.141 e. The molecule has 2 saturated carbocycles. The fourth-order valence-electron chi connectivity index (χ4n) is 3.34. The third-order valence-corrected chi connectivity index (χ3v) is 4.51. The lowest BCUT2D eigenvalue weighted by Crippen LogP contribution is -2.16. The monoisotopic (exact) mass is 266 g/mol. The zero-order valence-electron chi connectivity index (χ0n) is 11.7. The lowest BCUT2D eigenvalue weighted by Gasteiger charge is -2.28. The molecule has 0 aliphatic heterocycles. The van der Waals surface area contributed by atoms with E-state index in [4.69, 9.17) is 4.74 Å². The number of rotatable bonds is 4. The van der Waals surface area contributed by atoms with E-state index < -0.39 is 0 Å². The molecule has 0 amide bonds. The summed E-state index contributed by atoms with van der Waals surface area (Å²) in [6.45, 7) is 0. The van der Waals surface area contributed by atoms with Crippen molar-refractivity contribution in [1.82, 2.24) is 0 Å². The molecule has 108 valence electrons. The minimum absolute atomic E-state index is 0.317. The van der Waals surface area contributed by atoms with Crippen LogP contribution in [0.1, 0.15) is 64.2 Å². The molecule has 2 fully saturated rings. The average Bonchev–Trinajstić information content (AvgIpc) is 2.50. The van der Waals surface area contributed by atoms with Gasteiger partial charge in [0.05, 0.1) is 0 Å². The summed E-state index contributed by atoms with van der Waals surface area (Å²) in [5, 5.41) is 18.9. The molecule has 0 bridgehead atoms. The minimum Gasteiger partial charge on any atom is -0.512 e. The van der Waals surface area contributed by atoms with Crippen LogP contribution in [0.4, 0.5) is 0 Å². The number of hydrogen-bond acceptors (Lipinski definition) is 3. The first-order valence-electron chi connectivity index (χ1n) is 7.71. The van der Waals surface area contributed by atoms with Crippen LogP contribution in [0.25, 0.3) is 0 Å². The lowest BCUT2D eigenvalue weighted by molar-refractivity contribution is 0.159.